The maximum atomic E-state index is 8.35. The van der Waals surface area contributed by atoms with Crippen LogP contribution in [0, 0.1) is 22.7 Å². The quantitative estimate of drug-likeness (QED) is 0.544. The number of hydrogen-bond acceptors (Lipinski definition) is 3. The summed E-state index contributed by atoms with van der Waals surface area (Å²) < 4.78 is 0. The van der Waals surface area contributed by atoms with E-state index in [2.05, 4.69) is 4.99 Å². The van der Waals surface area contributed by atoms with E-state index in [1.165, 1.54) is 6.21 Å². The number of rotatable bonds is 2. The standard InChI is InChI=1S/C6H9N3/c1-5(8)6(3-7)4-9-2/h4,6,8H,1-2H3. The maximum absolute atomic E-state index is 8.35. The molecule has 0 spiro atoms. The molecule has 9 heavy (non-hydrogen) atoms. The third-order valence-corrected chi connectivity index (χ3v) is 0.904. The molecular weight excluding hydrogens is 114 g/mol. The van der Waals surface area contributed by atoms with Crippen molar-refractivity contribution in [3.05, 3.63) is 0 Å². The van der Waals surface area contributed by atoms with Crippen LogP contribution in [0.1, 0.15) is 6.92 Å². The van der Waals surface area contributed by atoms with Gasteiger partial charge in [-0.15, -0.1) is 0 Å². The molecular formula is C6H9N3. The molecule has 0 aliphatic rings. The van der Waals surface area contributed by atoms with Crippen LogP contribution in [0.15, 0.2) is 4.99 Å². The van der Waals surface area contributed by atoms with E-state index in [-0.39, 0.29) is 0 Å². The minimum atomic E-state index is -0.435. The van der Waals surface area contributed by atoms with Crippen LogP contribution in [-0.2, 0) is 0 Å². The molecule has 0 saturated carbocycles. The molecule has 0 heterocycles. The number of nitriles is 1. The Hall–Kier alpha value is -1.17. The van der Waals surface area contributed by atoms with Crippen LogP contribution in [0.25, 0.3) is 0 Å². The molecule has 0 aromatic heterocycles. The van der Waals surface area contributed by atoms with Gasteiger partial charge in [-0.2, -0.15) is 5.26 Å². The van der Waals surface area contributed by atoms with Gasteiger partial charge < -0.3 is 5.41 Å². The summed E-state index contributed by atoms with van der Waals surface area (Å²) in [6.07, 6.45) is 1.46. The molecule has 1 unspecified atom stereocenters. The van der Waals surface area contributed by atoms with E-state index in [4.69, 9.17) is 10.7 Å². The molecule has 0 saturated heterocycles. The van der Waals surface area contributed by atoms with E-state index in [9.17, 15) is 0 Å². The van der Waals surface area contributed by atoms with Crippen LogP contribution in [0.2, 0.25) is 0 Å². The van der Waals surface area contributed by atoms with Gasteiger partial charge in [0.15, 0.2) is 0 Å². The van der Waals surface area contributed by atoms with Gasteiger partial charge in [-0.1, -0.05) is 0 Å². The molecule has 3 nitrogen and oxygen atoms in total. The van der Waals surface area contributed by atoms with E-state index in [1.807, 2.05) is 6.07 Å². The van der Waals surface area contributed by atoms with Gasteiger partial charge in [0.25, 0.3) is 0 Å². The highest BCUT2D eigenvalue weighted by atomic mass is 14.6. The summed E-state index contributed by atoms with van der Waals surface area (Å²) in [5.74, 6) is -0.435. The lowest BCUT2D eigenvalue weighted by atomic mass is 10.1. The van der Waals surface area contributed by atoms with E-state index in [0.717, 1.165) is 0 Å². The molecule has 0 aliphatic heterocycles. The predicted octanol–water partition coefficient (Wildman–Crippen LogP) is 0.866. The molecule has 0 aromatic carbocycles. The molecule has 1 N–H and O–H groups in total. The van der Waals surface area contributed by atoms with E-state index >= 15 is 0 Å². The lowest BCUT2D eigenvalue weighted by Crippen LogP contribution is -2.08. The molecule has 1 atom stereocenters. The van der Waals surface area contributed by atoms with Crippen LogP contribution in [-0.4, -0.2) is 19.0 Å². The van der Waals surface area contributed by atoms with Crippen molar-refractivity contribution in [1.82, 2.24) is 0 Å². The number of aliphatic imine (C=N–C) groups is 1. The Kier molecular flexibility index (Phi) is 3.29. The minimum absolute atomic E-state index is 0.336. The first-order chi connectivity index (χ1) is 4.22. The molecule has 0 rings (SSSR count). The lowest BCUT2D eigenvalue weighted by Gasteiger charge is -1.95. The van der Waals surface area contributed by atoms with Gasteiger partial charge >= 0.3 is 0 Å². The summed E-state index contributed by atoms with van der Waals surface area (Å²) in [6.45, 7) is 1.59. The second kappa shape index (κ2) is 3.79. The summed E-state index contributed by atoms with van der Waals surface area (Å²) in [5.41, 5.74) is 0.336. The third kappa shape index (κ3) is 2.60. The van der Waals surface area contributed by atoms with Crippen LogP contribution >= 0.6 is 0 Å². The summed E-state index contributed by atoms with van der Waals surface area (Å²) in [4.78, 5) is 3.64. The zero-order chi connectivity index (χ0) is 7.28. The van der Waals surface area contributed by atoms with Crippen LogP contribution < -0.4 is 0 Å². The molecule has 0 fully saturated rings. The zero-order valence-electron chi connectivity index (χ0n) is 5.55. The topological polar surface area (TPSA) is 60.0 Å². The fourth-order valence-corrected chi connectivity index (χ4v) is 0.391. The molecule has 0 aromatic rings. The first kappa shape index (κ1) is 7.83. The highest BCUT2D eigenvalue weighted by molar-refractivity contribution is 5.97. The Labute approximate surface area is 54.5 Å². The number of hydrogen-bond donors (Lipinski definition) is 1. The van der Waals surface area contributed by atoms with Crippen molar-refractivity contribution in [2.75, 3.05) is 7.05 Å². The second-order valence-corrected chi connectivity index (χ2v) is 1.70. The van der Waals surface area contributed by atoms with Crippen molar-refractivity contribution in [2.45, 2.75) is 6.92 Å². The monoisotopic (exact) mass is 123 g/mol. The molecule has 0 aliphatic carbocycles. The Morgan fingerprint density at radius 1 is 1.89 bits per heavy atom. The van der Waals surface area contributed by atoms with Gasteiger partial charge in [-0.05, 0) is 6.92 Å². The largest absolute Gasteiger partial charge is 0.308 e. The van der Waals surface area contributed by atoms with Crippen LogP contribution in [0.5, 0.6) is 0 Å². The SMILES string of the molecule is CN=CC(C#N)C(C)=N. The van der Waals surface area contributed by atoms with E-state index < -0.39 is 5.92 Å². The minimum Gasteiger partial charge on any atom is -0.308 e. The van der Waals surface area contributed by atoms with E-state index in [0.29, 0.717) is 5.71 Å². The summed E-state index contributed by atoms with van der Waals surface area (Å²) in [7, 11) is 1.59. The Balaban J connectivity index is 4.04. The van der Waals surface area contributed by atoms with Crippen LogP contribution in [0.4, 0.5) is 0 Å². The summed E-state index contributed by atoms with van der Waals surface area (Å²) in [5, 5.41) is 15.4. The Bertz CT molecular complexity index is 164. The molecule has 0 radical (unpaired) electrons. The zero-order valence-corrected chi connectivity index (χ0v) is 5.55. The summed E-state index contributed by atoms with van der Waals surface area (Å²) >= 11 is 0. The van der Waals surface area contributed by atoms with Crippen molar-refractivity contribution >= 4 is 11.9 Å². The molecule has 48 valence electrons. The first-order valence-electron chi connectivity index (χ1n) is 2.59. The molecule has 0 amide bonds. The smallest absolute Gasteiger partial charge is 0.118 e. The fourth-order valence-electron chi connectivity index (χ4n) is 0.391. The maximum Gasteiger partial charge on any atom is 0.118 e. The van der Waals surface area contributed by atoms with E-state index in [1.54, 1.807) is 14.0 Å². The Morgan fingerprint density at radius 3 is 2.56 bits per heavy atom. The third-order valence-electron chi connectivity index (χ3n) is 0.904. The van der Waals surface area contributed by atoms with Crippen molar-refractivity contribution in [1.29, 1.82) is 10.7 Å². The Morgan fingerprint density at radius 2 is 2.44 bits per heavy atom. The predicted molar refractivity (Wildman–Crippen MR) is 36.9 cm³/mol. The molecule has 0 bridgehead atoms. The number of nitrogens with one attached hydrogen (secondary N) is 1. The fraction of sp³-hybridized carbons (Fsp3) is 0.500. The normalized spacial score (nSPS) is 13.0. The summed E-state index contributed by atoms with van der Waals surface area (Å²) in [6, 6.07) is 1.93. The van der Waals surface area contributed by atoms with Gasteiger partial charge in [-0.3, -0.25) is 4.99 Å². The number of nitrogens with zero attached hydrogens (tertiary/aromatic N) is 2. The van der Waals surface area contributed by atoms with Gasteiger partial charge in [-0.25, -0.2) is 0 Å². The van der Waals surface area contributed by atoms with Gasteiger partial charge in [0.1, 0.15) is 5.92 Å². The second-order valence-electron chi connectivity index (χ2n) is 1.70. The van der Waals surface area contributed by atoms with Crippen LogP contribution in [0.3, 0.4) is 0 Å². The average molecular weight is 123 g/mol. The first-order valence-corrected chi connectivity index (χ1v) is 2.59. The molecule has 3 heteroatoms. The van der Waals surface area contributed by atoms with Crippen molar-refractivity contribution in [3.63, 3.8) is 0 Å². The van der Waals surface area contributed by atoms with Gasteiger partial charge in [0.05, 0.1) is 6.07 Å². The van der Waals surface area contributed by atoms with Gasteiger partial charge in [0.2, 0.25) is 0 Å². The lowest BCUT2D eigenvalue weighted by molar-refractivity contribution is 1.18. The highest BCUT2D eigenvalue weighted by Gasteiger charge is 2.03. The highest BCUT2D eigenvalue weighted by Crippen LogP contribution is 1.90. The average Bonchev–Trinajstić information content (AvgIpc) is 1.82. The van der Waals surface area contributed by atoms with Crippen molar-refractivity contribution in [2.24, 2.45) is 10.9 Å². The van der Waals surface area contributed by atoms with Crippen molar-refractivity contribution in [3.8, 4) is 6.07 Å². The van der Waals surface area contributed by atoms with Crippen molar-refractivity contribution < 1.29 is 0 Å². The van der Waals surface area contributed by atoms with Gasteiger partial charge in [0, 0.05) is 19.0 Å².